The van der Waals surface area contributed by atoms with E-state index in [1.165, 1.54) is 25.7 Å². The summed E-state index contributed by atoms with van der Waals surface area (Å²) in [6.45, 7) is 34.4. The summed E-state index contributed by atoms with van der Waals surface area (Å²) in [4.78, 5) is 10.4. The quantitative estimate of drug-likeness (QED) is 0.0189. The molecule has 620 valence electrons. The van der Waals surface area contributed by atoms with Gasteiger partial charge in [-0.1, -0.05) is 69.4 Å². The van der Waals surface area contributed by atoms with Crippen molar-refractivity contribution < 1.29 is 18.9 Å². The topological polar surface area (TPSA) is 269 Å². The molecule has 8 N–H and O–H groups in total. The van der Waals surface area contributed by atoms with E-state index in [4.69, 9.17) is 18.9 Å². The summed E-state index contributed by atoms with van der Waals surface area (Å²) in [6, 6.07) is 33.6. The van der Waals surface area contributed by atoms with Gasteiger partial charge >= 0.3 is 0 Å². The predicted octanol–water partition coefficient (Wildman–Crippen LogP) is 7.60. The van der Waals surface area contributed by atoms with Gasteiger partial charge in [-0.15, -0.1) is 20.4 Å². The van der Waals surface area contributed by atoms with Crippen molar-refractivity contribution in [1.29, 1.82) is 0 Å². The molecule has 12 rings (SSSR count). The summed E-state index contributed by atoms with van der Waals surface area (Å²) in [5.74, 6) is 2.90. The lowest BCUT2D eigenvalue weighted by Gasteiger charge is -2.23. The minimum atomic E-state index is 0.289. The van der Waals surface area contributed by atoms with E-state index in [0.717, 1.165) is 366 Å². The highest BCUT2D eigenvalue weighted by molar-refractivity contribution is 6.04. The van der Waals surface area contributed by atoms with Crippen LogP contribution in [-0.4, -0.2) is 263 Å². The largest absolute Gasteiger partial charge is 0.487 e. The first-order valence-electron chi connectivity index (χ1n) is 43.3. The van der Waals surface area contributed by atoms with Gasteiger partial charge in [-0.2, -0.15) is 0 Å². The molecule has 4 aromatic heterocycles. The normalized spacial score (nSPS) is 17.9. The van der Waals surface area contributed by atoms with E-state index >= 15 is 0 Å². The van der Waals surface area contributed by atoms with Gasteiger partial charge in [-0.25, -0.2) is 0 Å². The van der Waals surface area contributed by atoms with E-state index in [-0.39, 0.29) is 26.4 Å². The zero-order valence-corrected chi connectivity index (χ0v) is 68.1. The maximum absolute atomic E-state index is 6.51. The van der Waals surface area contributed by atoms with Crippen molar-refractivity contribution >= 4 is 11.1 Å². The van der Waals surface area contributed by atoms with Crippen molar-refractivity contribution in [2.45, 2.75) is 155 Å². The number of hydrogen-bond acceptors (Lipinski definition) is 24. The van der Waals surface area contributed by atoms with Gasteiger partial charge in [0.2, 0.25) is 0 Å². The van der Waals surface area contributed by atoms with Gasteiger partial charge < -0.3 is 81.1 Å². The maximum atomic E-state index is 6.51. The van der Waals surface area contributed by atoms with Gasteiger partial charge in [0, 0.05) is 26.2 Å². The number of nitrogens with one attached hydrogen (secondary N) is 8. The van der Waals surface area contributed by atoms with Crippen LogP contribution in [0.5, 0.6) is 23.0 Å². The lowest BCUT2D eigenvalue weighted by atomic mass is 9.85. The van der Waals surface area contributed by atoms with Crippen LogP contribution in [0.4, 0.5) is 0 Å². The second-order valence-corrected chi connectivity index (χ2v) is 30.9. The van der Waals surface area contributed by atoms with Gasteiger partial charge in [0.05, 0.1) is 24.8 Å². The summed E-state index contributed by atoms with van der Waals surface area (Å²) in [5.41, 5.74) is 9.10. The van der Waals surface area contributed by atoms with Crippen molar-refractivity contribution in [2.75, 3.05) is 183 Å². The number of hydrogen-bond donors (Lipinski definition) is 8. The van der Waals surface area contributed by atoms with E-state index < -0.39 is 0 Å². The average Bonchev–Trinajstić information content (AvgIpc) is 1.06. The summed E-state index contributed by atoms with van der Waals surface area (Å²) in [6.07, 6.45) is 26.1. The van der Waals surface area contributed by atoms with Crippen molar-refractivity contribution in [3.63, 3.8) is 0 Å². The average molecular weight is 1570 g/mol. The number of nitrogens with zero attached hydrogens (tertiary/aromatic N) is 16. The standard InChI is InChI=1S/C86H132N24O4/c1-33-87-41-5-49-103(50-6-42-88-34-1)57-13-61-107-65-77(95-99-107)69-111-81-25-17-73(18-26-81)85(74-19-27-82(28-20-74)112-70-78-66-108(100-96-78)62-14-58-104-51-7-43-89-35-2-36-90-44-8-52-104)86(75-21-29-83(30-22-75)113-71-79-67-109(101-97-79)63-15-59-105-53-9-45-91-37-3-38-92-46-10-54-105)76-23-31-84(32-24-76)114-72-80-68-110(102-98-80)64-16-60-106-55-11-47-93-39-4-40-94-48-12-56-106/h17-32,65-68,87-94H,1-16,33-64,69-72H2. The first kappa shape index (κ1) is 85.3. The monoisotopic (exact) mass is 1570 g/mol. The third-order valence-corrected chi connectivity index (χ3v) is 21.6. The molecule has 0 atom stereocenters. The minimum absolute atomic E-state index is 0.289. The Bertz CT molecular complexity index is 3360. The Labute approximate surface area is 677 Å². The van der Waals surface area contributed by atoms with Crippen LogP contribution in [-0.2, 0) is 52.6 Å². The molecule has 4 fully saturated rings. The number of rotatable bonds is 32. The van der Waals surface area contributed by atoms with Crippen molar-refractivity contribution in [3.8, 4) is 23.0 Å². The van der Waals surface area contributed by atoms with Crippen molar-refractivity contribution in [2.24, 2.45) is 0 Å². The lowest BCUT2D eigenvalue weighted by Crippen LogP contribution is -2.33. The third-order valence-electron chi connectivity index (χ3n) is 21.6. The summed E-state index contributed by atoms with van der Waals surface area (Å²) >= 11 is 0. The van der Waals surface area contributed by atoms with Crippen LogP contribution >= 0.6 is 0 Å². The Morgan fingerprint density at radius 2 is 0.421 bits per heavy atom. The molecule has 28 heteroatoms. The predicted molar refractivity (Wildman–Crippen MR) is 451 cm³/mol. The Morgan fingerprint density at radius 3 is 0.614 bits per heavy atom. The molecule has 28 nitrogen and oxygen atoms in total. The van der Waals surface area contributed by atoms with Gasteiger partial charge in [0.15, 0.2) is 0 Å². The highest BCUT2D eigenvalue weighted by Crippen LogP contribution is 2.39. The zero-order chi connectivity index (χ0) is 77.8. The van der Waals surface area contributed by atoms with Gasteiger partial charge in [0.25, 0.3) is 0 Å². The Balaban J connectivity index is 0.755. The lowest BCUT2D eigenvalue weighted by molar-refractivity contribution is 0.253. The smallest absolute Gasteiger partial charge is 0.134 e. The van der Waals surface area contributed by atoms with Crippen LogP contribution in [0.1, 0.15) is 148 Å². The molecule has 0 aliphatic carbocycles. The summed E-state index contributed by atoms with van der Waals surface area (Å²) in [5, 5.41) is 65.1. The van der Waals surface area contributed by atoms with Crippen LogP contribution < -0.4 is 61.5 Å². The number of benzene rings is 4. The molecule has 0 bridgehead atoms. The molecule has 0 radical (unpaired) electrons. The minimum Gasteiger partial charge on any atom is -0.487 e. The van der Waals surface area contributed by atoms with Crippen LogP contribution in [0.15, 0.2) is 122 Å². The second-order valence-electron chi connectivity index (χ2n) is 30.9. The first-order chi connectivity index (χ1) is 56.5. The molecule has 4 aromatic carbocycles. The van der Waals surface area contributed by atoms with E-state index in [2.05, 4.69) is 152 Å². The molecule has 0 amide bonds. The summed E-state index contributed by atoms with van der Waals surface area (Å²) in [7, 11) is 0. The van der Waals surface area contributed by atoms with E-state index in [0.29, 0.717) is 0 Å². The second kappa shape index (κ2) is 50.4. The molecule has 0 unspecified atom stereocenters. The summed E-state index contributed by atoms with van der Waals surface area (Å²) < 4.78 is 33.8. The molecule has 4 aliphatic rings. The van der Waals surface area contributed by atoms with Crippen LogP contribution in [0.3, 0.4) is 0 Å². The molecule has 4 saturated heterocycles. The van der Waals surface area contributed by atoms with Crippen molar-refractivity contribution in [3.05, 3.63) is 167 Å². The highest BCUT2D eigenvalue weighted by atomic mass is 16.5. The fourth-order valence-corrected chi connectivity index (χ4v) is 15.4. The van der Waals surface area contributed by atoms with E-state index in [1.54, 1.807) is 0 Å². The van der Waals surface area contributed by atoms with Gasteiger partial charge in [0.1, 0.15) is 72.2 Å². The van der Waals surface area contributed by atoms with Gasteiger partial charge in [-0.3, -0.25) is 18.7 Å². The number of aryl methyl sites for hydroxylation is 4. The Morgan fingerprint density at radius 1 is 0.237 bits per heavy atom. The molecule has 8 heterocycles. The van der Waals surface area contributed by atoms with Gasteiger partial charge in [-0.05, 0) is 368 Å². The number of ether oxygens (including phenoxy) is 4. The SMILES string of the molecule is c1cc(C(=C(c2ccc(OCc3cn(CCCN4CCCNCCCNCCC4)nn3)cc2)c2ccc(OCc3cn(CCCN4CCCNCCCNCCC4)nn3)cc2)c2ccc(OCc3cn(CCCN4CCCNCCCNCCC4)nn3)cc2)ccc1OCc1cn(CCCN2CCCNCCCNCCC2)nn1. The molecule has 0 saturated carbocycles. The molecule has 4 aliphatic heterocycles. The molecule has 114 heavy (non-hydrogen) atoms. The molecular formula is C86H132N24O4. The Hall–Kier alpha value is -8.10. The maximum Gasteiger partial charge on any atom is 0.134 e. The molecular weight excluding hydrogens is 1430 g/mol. The Kier molecular flexibility index (Phi) is 37.7. The fraction of sp³-hybridized carbons (Fsp3) is 0.605. The highest BCUT2D eigenvalue weighted by Gasteiger charge is 2.21. The first-order valence-corrected chi connectivity index (χ1v) is 43.3. The van der Waals surface area contributed by atoms with E-state index in [1.807, 2.05) is 92.0 Å². The fourth-order valence-electron chi connectivity index (χ4n) is 15.4. The zero-order valence-electron chi connectivity index (χ0n) is 68.1. The third kappa shape index (κ3) is 31.2. The van der Waals surface area contributed by atoms with Crippen LogP contribution in [0.2, 0.25) is 0 Å². The van der Waals surface area contributed by atoms with Crippen LogP contribution in [0.25, 0.3) is 11.1 Å². The van der Waals surface area contributed by atoms with Crippen LogP contribution in [0, 0.1) is 0 Å². The van der Waals surface area contributed by atoms with E-state index in [9.17, 15) is 0 Å². The van der Waals surface area contributed by atoms with Crippen molar-refractivity contribution in [1.82, 2.24) is 122 Å². The molecule has 8 aromatic rings. The number of aromatic nitrogens is 12. The molecule has 0 spiro atoms.